The van der Waals surface area contributed by atoms with Gasteiger partial charge in [-0.15, -0.1) is 0 Å². The van der Waals surface area contributed by atoms with Gasteiger partial charge in [-0.05, 0) is 30.3 Å². The van der Waals surface area contributed by atoms with Gasteiger partial charge in [0.2, 0.25) is 6.79 Å². The van der Waals surface area contributed by atoms with Gasteiger partial charge in [-0.3, -0.25) is 4.79 Å². The highest BCUT2D eigenvalue weighted by Gasteiger charge is 2.15. The maximum atomic E-state index is 11.7. The molecule has 0 atom stereocenters. The Morgan fingerprint density at radius 1 is 1.21 bits per heavy atom. The highest BCUT2D eigenvalue weighted by molar-refractivity contribution is 6.33. The second-order valence-corrected chi connectivity index (χ2v) is 5.61. The van der Waals surface area contributed by atoms with Gasteiger partial charge in [0.1, 0.15) is 5.75 Å². The average Bonchev–Trinajstić information content (AvgIpc) is 3.01. The molecule has 1 aliphatic heterocycles. The molecule has 6 nitrogen and oxygen atoms in total. The van der Waals surface area contributed by atoms with Gasteiger partial charge in [-0.25, -0.2) is 5.43 Å². The topological polar surface area (TPSA) is 69.2 Å². The maximum Gasteiger partial charge on any atom is 0.277 e. The number of ether oxygens (including phenoxy) is 3. The monoisotopic (exact) mass is 366 g/mol. The number of carbonyl (C=O) groups excluding carboxylic acids is 1. The van der Waals surface area contributed by atoms with Crippen LogP contribution in [0.25, 0.3) is 0 Å². The fourth-order valence-electron chi connectivity index (χ4n) is 1.92. The van der Waals surface area contributed by atoms with Crippen LogP contribution in [-0.4, -0.2) is 25.5 Å². The maximum absolute atomic E-state index is 11.7. The summed E-state index contributed by atoms with van der Waals surface area (Å²) in [6.07, 6.45) is 1.42. The van der Waals surface area contributed by atoms with E-state index in [0.717, 1.165) is 0 Å². The predicted molar refractivity (Wildman–Crippen MR) is 90.3 cm³/mol. The Kier molecular flexibility index (Phi) is 5.08. The first-order valence-corrected chi connectivity index (χ1v) is 7.67. The number of fused-ring (bicyclic) bond motifs is 1. The summed E-state index contributed by atoms with van der Waals surface area (Å²) < 4.78 is 15.8. The van der Waals surface area contributed by atoms with E-state index in [-0.39, 0.29) is 13.4 Å². The van der Waals surface area contributed by atoms with Crippen LogP contribution in [0, 0.1) is 0 Å². The lowest BCUT2D eigenvalue weighted by atomic mass is 10.2. The average molecular weight is 367 g/mol. The molecule has 0 aromatic heterocycles. The summed E-state index contributed by atoms with van der Waals surface area (Å²) in [4.78, 5) is 11.7. The zero-order valence-electron chi connectivity index (χ0n) is 12.3. The summed E-state index contributed by atoms with van der Waals surface area (Å²) in [5.41, 5.74) is 2.95. The third-order valence-corrected chi connectivity index (χ3v) is 3.65. The minimum atomic E-state index is -0.405. The van der Waals surface area contributed by atoms with Crippen molar-refractivity contribution in [2.24, 2.45) is 5.10 Å². The van der Waals surface area contributed by atoms with Crippen molar-refractivity contribution in [2.75, 3.05) is 13.4 Å². The zero-order valence-corrected chi connectivity index (χ0v) is 13.8. The minimum absolute atomic E-state index is 0.158. The van der Waals surface area contributed by atoms with Crippen molar-refractivity contribution in [3.63, 3.8) is 0 Å². The Bertz CT molecular complexity index is 778. The van der Waals surface area contributed by atoms with E-state index in [1.165, 1.54) is 6.21 Å². The molecule has 0 spiro atoms. The molecule has 0 unspecified atom stereocenters. The van der Waals surface area contributed by atoms with Crippen LogP contribution >= 0.6 is 23.2 Å². The molecule has 1 aliphatic rings. The summed E-state index contributed by atoms with van der Waals surface area (Å²) in [6, 6.07) is 10.0. The van der Waals surface area contributed by atoms with Gasteiger partial charge >= 0.3 is 0 Å². The van der Waals surface area contributed by atoms with Gasteiger partial charge < -0.3 is 14.2 Å². The first-order valence-electron chi connectivity index (χ1n) is 6.91. The largest absolute Gasteiger partial charge is 0.484 e. The highest BCUT2D eigenvalue weighted by Crippen LogP contribution is 2.36. The predicted octanol–water partition coefficient (Wildman–Crippen LogP) is 3.25. The quantitative estimate of drug-likeness (QED) is 0.651. The number of hydrogen-bond acceptors (Lipinski definition) is 5. The van der Waals surface area contributed by atoms with E-state index in [9.17, 15) is 4.79 Å². The van der Waals surface area contributed by atoms with Crippen LogP contribution in [0.1, 0.15) is 5.56 Å². The van der Waals surface area contributed by atoms with Crippen molar-refractivity contribution < 1.29 is 19.0 Å². The number of benzene rings is 2. The van der Waals surface area contributed by atoms with Crippen LogP contribution in [-0.2, 0) is 4.79 Å². The Morgan fingerprint density at radius 2 is 1.92 bits per heavy atom. The number of nitrogens with one attached hydrogen (secondary N) is 1. The van der Waals surface area contributed by atoms with Crippen molar-refractivity contribution >= 4 is 35.3 Å². The van der Waals surface area contributed by atoms with Crippen LogP contribution in [0.5, 0.6) is 17.2 Å². The van der Waals surface area contributed by atoms with Crippen molar-refractivity contribution in [1.82, 2.24) is 5.43 Å². The van der Waals surface area contributed by atoms with E-state index >= 15 is 0 Å². The lowest BCUT2D eigenvalue weighted by Gasteiger charge is -2.05. The van der Waals surface area contributed by atoms with Crippen LogP contribution in [0.4, 0.5) is 0 Å². The molecule has 2 aromatic rings. The molecule has 0 radical (unpaired) electrons. The van der Waals surface area contributed by atoms with Crippen LogP contribution in [0.15, 0.2) is 41.5 Å². The number of hydrazone groups is 1. The van der Waals surface area contributed by atoms with Crippen molar-refractivity contribution in [2.45, 2.75) is 0 Å². The minimum Gasteiger partial charge on any atom is -0.484 e. The van der Waals surface area contributed by atoms with Gasteiger partial charge in [-0.1, -0.05) is 23.2 Å². The van der Waals surface area contributed by atoms with Gasteiger partial charge in [0.15, 0.2) is 18.1 Å². The SMILES string of the molecule is O=C(COc1ccc(Cl)cc1)N/N=C\c1cc2c(cc1Cl)OCO2. The van der Waals surface area contributed by atoms with Crippen LogP contribution < -0.4 is 19.6 Å². The van der Waals surface area contributed by atoms with Crippen molar-refractivity contribution in [3.05, 3.63) is 52.0 Å². The summed E-state index contributed by atoms with van der Waals surface area (Å²) in [5.74, 6) is 1.30. The highest BCUT2D eigenvalue weighted by atomic mass is 35.5. The van der Waals surface area contributed by atoms with E-state index in [4.69, 9.17) is 37.4 Å². The fourth-order valence-corrected chi connectivity index (χ4v) is 2.25. The second kappa shape index (κ2) is 7.42. The first-order chi connectivity index (χ1) is 11.6. The molecule has 0 saturated carbocycles. The van der Waals surface area contributed by atoms with E-state index < -0.39 is 5.91 Å². The summed E-state index contributed by atoms with van der Waals surface area (Å²) in [5, 5.41) is 4.88. The van der Waals surface area contributed by atoms with Gasteiger partial charge in [0, 0.05) is 16.7 Å². The number of carbonyl (C=O) groups is 1. The Labute approximate surface area is 147 Å². The molecule has 1 amide bonds. The van der Waals surface area contributed by atoms with E-state index in [1.807, 2.05) is 0 Å². The van der Waals surface area contributed by atoms with Gasteiger partial charge in [0.05, 0.1) is 11.2 Å². The smallest absolute Gasteiger partial charge is 0.277 e. The first kappa shape index (κ1) is 16.4. The Balaban J connectivity index is 1.52. The van der Waals surface area contributed by atoms with Crippen LogP contribution in [0.3, 0.4) is 0 Å². The zero-order chi connectivity index (χ0) is 16.9. The lowest BCUT2D eigenvalue weighted by molar-refractivity contribution is -0.123. The molecule has 0 bridgehead atoms. The number of halogens is 2. The number of hydrogen-bond donors (Lipinski definition) is 1. The van der Waals surface area contributed by atoms with Crippen molar-refractivity contribution in [1.29, 1.82) is 0 Å². The molecule has 2 aromatic carbocycles. The molecule has 0 fully saturated rings. The summed E-state index contributed by atoms with van der Waals surface area (Å²) in [7, 11) is 0. The van der Waals surface area contributed by atoms with Crippen molar-refractivity contribution in [3.8, 4) is 17.2 Å². The molecule has 24 heavy (non-hydrogen) atoms. The van der Waals surface area contributed by atoms with Gasteiger partial charge in [0.25, 0.3) is 5.91 Å². The third-order valence-electron chi connectivity index (χ3n) is 3.07. The second-order valence-electron chi connectivity index (χ2n) is 4.76. The molecule has 0 aliphatic carbocycles. The molecular formula is C16H12Cl2N2O4. The molecular weight excluding hydrogens is 355 g/mol. The molecule has 124 valence electrons. The van der Waals surface area contributed by atoms with Gasteiger partial charge in [-0.2, -0.15) is 5.10 Å². The summed E-state index contributed by atoms with van der Waals surface area (Å²) >= 11 is 11.9. The molecule has 0 saturated heterocycles. The lowest BCUT2D eigenvalue weighted by Crippen LogP contribution is -2.24. The Hall–Kier alpha value is -2.44. The van der Waals surface area contributed by atoms with E-state index in [2.05, 4.69) is 10.5 Å². The van der Waals surface area contributed by atoms with E-state index in [1.54, 1.807) is 36.4 Å². The molecule has 1 N–H and O–H groups in total. The molecule has 8 heteroatoms. The summed E-state index contributed by atoms with van der Waals surface area (Å²) in [6.45, 7) is -0.0150. The third kappa shape index (κ3) is 4.10. The molecule has 1 heterocycles. The van der Waals surface area contributed by atoms with E-state index in [0.29, 0.717) is 32.9 Å². The normalized spacial score (nSPS) is 12.4. The Morgan fingerprint density at radius 3 is 2.67 bits per heavy atom. The number of nitrogens with zero attached hydrogens (tertiary/aromatic N) is 1. The standard InChI is InChI=1S/C16H12Cl2N2O4/c17-11-1-3-12(4-2-11)22-8-16(21)20-19-7-10-5-14-15(6-13(10)18)24-9-23-14/h1-7H,8-9H2,(H,20,21)/b19-7-. The number of amides is 1. The fraction of sp³-hybridized carbons (Fsp3) is 0.125. The van der Waals surface area contributed by atoms with Crippen LogP contribution in [0.2, 0.25) is 10.0 Å². The molecule has 3 rings (SSSR count). The number of rotatable bonds is 5.